The van der Waals surface area contributed by atoms with Crippen LogP contribution in [0.1, 0.15) is 5.56 Å². The Morgan fingerprint density at radius 1 is 0.850 bits per heavy atom. The van der Waals surface area contributed by atoms with Gasteiger partial charge in [0.25, 0.3) is 0 Å². The molecule has 0 atom stereocenters. The second-order valence-electron chi connectivity index (χ2n) is 5.58. The molecular formula is C18H14N2. The SMILES string of the molecule is c1cc2cc3ccc4ccc5c(c4c3cc2[nH]1)NCC5. The van der Waals surface area contributed by atoms with Crippen molar-refractivity contribution < 1.29 is 0 Å². The third-order valence-corrected chi connectivity index (χ3v) is 4.46. The summed E-state index contributed by atoms with van der Waals surface area (Å²) in [5.74, 6) is 0. The van der Waals surface area contributed by atoms with Crippen LogP contribution in [0.4, 0.5) is 5.69 Å². The minimum Gasteiger partial charge on any atom is -0.384 e. The number of aromatic amines is 1. The van der Waals surface area contributed by atoms with Crippen molar-refractivity contribution in [1.82, 2.24) is 4.98 Å². The largest absolute Gasteiger partial charge is 0.384 e. The summed E-state index contributed by atoms with van der Waals surface area (Å²) in [6.07, 6.45) is 3.14. The molecule has 0 fully saturated rings. The van der Waals surface area contributed by atoms with Crippen molar-refractivity contribution in [1.29, 1.82) is 0 Å². The van der Waals surface area contributed by atoms with Crippen LogP contribution in [-0.2, 0) is 6.42 Å². The van der Waals surface area contributed by atoms with E-state index in [1.165, 1.54) is 43.7 Å². The molecule has 4 aromatic rings. The monoisotopic (exact) mass is 258 g/mol. The van der Waals surface area contributed by atoms with E-state index in [4.69, 9.17) is 0 Å². The third-order valence-electron chi connectivity index (χ3n) is 4.46. The number of nitrogens with one attached hydrogen (secondary N) is 2. The minimum atomic E-state index is 1.05. The fourth-order valence-corrected chi connectivity index (χ4v) is 3.48. The Labute approximate surface area is 116 Å². The summed E-state index contributed by atoms with van der Waals surface area (Å²) >= 11 is 0. The van der Waals surface area contributed by atoms with Gasteiger partial charge < -0.3 is 10.3 Å². The summed E-state index contributed by atoms with van der Waals surface area (Å²) in [6.45, 7) is 1.05. The van der Waals surface area contributed by atoms with Gasteiger partial charge in [0.15, 0.2) is 0 Å². The van der Waals surface area contributed by atoms with Crippen LogP contribution in [0.2, 0.25) is 0 Å². The van der Waals surface area contributed by atoms with E-state index in [2.05, 4.69) is 52.8 Å². The van der Waals surface area contributed by atoms with E-state index in [1.807, 2.05) is 6.20 Å². The first-order valence-corrected chi connectivity index (χ1v) is 7.09. The summed E-state index contributed by atoms with van der Waals surface area (Å²) in [5.41, 5.74) is 3.98. The highest BCUT2D eigenvalue weighted by molar-refractivity contribution is 6.17. The van der Waals surface area contributed by atoms with E-state index in [0.29, 0.717) is 0 Å². The molecule has 0 unspecified atom stereocenters. The Bertz CT molecular complexity index is 979. The number of anilines is 1. The van der Waals surface area contributed by atoms with Crippen molar-refractivity contribution in [2.24, 2.45) is 0 Å². The number of fused-ring (bicyclic) bond motifs is 6. The summed E-state index contributed by atoms with van der Waals surface area (Å²) in [7, 11) is 0. The maximum absolute atomic E-state index is 3.57. The van der Waals surface area contributed by atoms with E-state index in [0.717, 1.165) is 13.0 Å². The zero-order valence-corrected chi connectivity index (χ0v) is 11.0. The topological polar surface area (TPSA) is 27.8 Å². The van der Waals surface area contributed by atoms with Crippen molar-refractivity contribution in [3.63, 3.8) is 0 Å². The van der Waals surface area contributed by atoms with E-state index in [9.17, 15) is 0 Å². The van der Waals surface area contributed by atoms with Gasteiger partial charge in [0.2, 0.25) is 0 Å². The molecule has 3 aromatic carbocycles. The smallest absolute Gasteiger partial charge is 0.0460 e. The first-order chi connectivity index (χ1) is 9.90. The number of hydrogen-bond donors (Lipinski definition) is 2. The third kappa shape index (κ3) is 1.23. The maximum Gasteiger partial charge on any atom is 0.0460 e. The number of rotatable bonds is 0. The van der Waals surface area contributed by atoms with Gasteiger partial charge in [0, 0.05) is 29.3 Å². The van der Waals surface area contributed by atoms with Crippen molar-refractivity contribution in [2.75, 3.05) is 11.9 Å². The first kappa shape index (κ1) is 10.3. The summed E-state index contributed by atoms with van der Waals surface area (Å²) < 4.78 is 0. The Hall–Kier alpha value is -2.48. The normalized spacial score (nSPS) is 14.0. The molecule has 0 aliphatic carbocycles. The average Bonchev–Trinajstić information content (AvgIpc) is 3.12. The Kier molecular flexibility index (Phi) is 1.83. The van der Waals surface area contributed by atoms with Crippen molar-refractivity contribution in [2.45, 2.75) is 6.42 Å². The van der Waals surface area contributed by atoms with Crippen LogP contribution in [-0.4, -0.2) is 11.5 Å². The van der Waals surface area contributed by atoms with Crippen LogP contribution in [0.3, 0.4) is 0 Å². The van der Waals surface area contributed by atoms with Crippen LogP contribution in [0.5, 0.6) is 0 Å². The standard InChI is InChI=1S/C18H14N2/c1-3-12-5-8-20-18(12)17-11(1)2-4-13-9-14-6-7-19-16(14)10-15(13)17/h1-4,6-7,9-10,19-20H,5,8H2. The number of hydrogen-bond acceptors (Lipinski definition) is 1. The van der Waals surface area contributed by atoms with E-state index >= 15 is 0 Å². The molecule has 2 heteroatoms. The lowest BCUT2D eigenvalue weighted by atomic mass is 9.97. The summed E-state index contributed by atoms with van der Waals surface area (Å²) in [6, 6.07) is 15.7. The second-order valence-corrected chi connectivity index (χ2v) is 5.58. The highest BCUT2D eigenvalue weighted by atomic mass is 14.9. The second kappa shape index (κ2) is 3.54. The Balaban J connectivity index is 2.05. The molecule has 5 rings (SSSR count). The lowest BCUT2D eigenvalue weighted by Gasteiger charge is -2.10. The number of aromatic nitrogens is 1. The van der Waals surface area contributed by atoms with E-state index in [-0.39, 0.29) is 0 Å². The highest BCUT2D eigenvalue weighted by Gasteiger charge is 2.15. The lowest BCUT2D eigenvalue weighted by molar-refractivity contribution is 1.11. The molecule has 0 saturated carbocycles. The van der Waals surface area contributed by atoms with Gasteiger partial charge in [-0.1, -0.05) is 24.3 Å². The quantitative estimate of drug-likeness (QED) is 0.448. The molecule has 0 bridgehead atoms. The lowest BCUT2D eigenvalue weighted by Crippen LogP contribution is -1.92. The van der Waals surface area contributed by atoms with Gasteiger partial charge in [-0.3, -0.25) is 0 Å². The van der Waals surface area contributed by atoms with Gasteiger partial charge in [-0.05, 0) is 51.7 Å². The van der Waals surface area contributed by atoms with Crippen LogP contribution >= 0.6 is 0 Å². The Morgan fingerprint density at radius 3 is 2.75 bits per heavy atom. The molecule has 0 spiro atoms. The zero-order chi connectivity index (χ0) is 13.1. The van der Waals surface area contributed by atoms with E-state index < -0.39 is 0 Å². The molecule has 2 heterocycles. The molecule has 20 heavy (non-hydrogen) atoms. The van der Waals surface area contributed by atoms with E-state index in [1.54, 1.807) is 0 Å². The van der Waals surface area contributed by atoms with Crippen LogP contribution in [0.25, 0.3) is 32.4 Å². The van der Waals surface area contributed by atoms with Gasteiger partial charge in [-0.25, -0.2) is 0 Å². The molecule has 2 nitrogen and oxygen atoms in total. The minimum absolute atomic E-state index is 1.05. The molecule has 0 saturated heterocycles. The maximum atomic E-state index is 3.57. The molecule has 1 aromatic heterocycles. The van der Waals surface area contributed by atoms with Crippen molar-refractivity contribution in [3.05, 3.63) is 54.2 Å². The highest BCUT2D eigenvalue weighted by Crippen LogP contribution is 2.37. The molecular weight excluding hydrogens is 244 g/mol. The van der Waals surface area contributed by atoms with Crippen LogP contribution in [0.15, 0.2) is 48.7 Å². The molecule has 0 radical (unpaired) electrons. The van der Waals surface area contributed by atoms with Gasteiger partial charge >= 0.3 is 0 Å². The molecule has 96 valence electrons. The van der Waals surface area contributed by atoms with Crippen molar-refractivity contribution >= 4 is 38.1 Å². The number of benzene rings is 3. The predicted molar refractivity (Wildman–Crippen MR) is 85.5 cm³/mol. The van der Waals surface area contributed by atoms with Gasteiger partial charge in [-0.2, -0.15) is 0 Å². The Morgan fingerprint density at radius 2 is 1.75 bits per heavy atom. The van der Waals surface area contributed by atoms with Gasteiger partial charge in [-0.15, -0.1) is 0 Å². The van der Waals surface area contributed by atoms with Crippen molar-refractivity contribution in [3.8, 4) is 0 Å². The molecule has 1 aliphatic heterocycles. The summed E-state index contributed by atoms with van der Waals surface area (Å²) in [4.78, 5) is 3.32. The number of H-pyrrole nitrogens is 1. The fourth-order valence-electron chi connectivity index (χ4n) is 3.48. The molecule has 0 amide bonds. The molecule has 2 N–H and O–H groups in total. The average molecular weight is 258 g/mol. The van der Waals surface area contributed by atoms with Gasteiger partial charge in [0.1, 0.15) is 0 Å². The van der Waals surface area contributed by atoms with Crippen LogP contribution < -0.4 is 5.32 Å². The summed E-state index contributed by atoms with van der Waals surface area (Å²) in [5, 5.41) is 10.2. The fraction of sp³-hybridized carbons (Fsp3) is 0.111. The molecule has 1 aliphatic rings. The van der Waals surface area contributed by atoms with Gasteiger partial charge in [0.05, 0.1) is 0 Å². The first-order valence-electron chi connectivity index (χ1n) is 7.09. The van der Waals surface area contributed by atoms with Crippen LogP contribution in [0, 0.1) is 0 Å². The zero-order valence-electron chi connectivity index (χ0n) is 11.0. The predicted octanol–water partition coefficient (Wildman–Crippen LogP) is 4.44.